The van der Waals surface area contributed by atoms with E-state index < -0.39 is 0 Å². The largest absolute Gasteiger partial charge is 0.384 e. The van der Waals surface area contributed by atoms with Crippen LogP contribution in [0.15, 0.2) is 47.6 Å². The molecule has 0 aliphatic heterocycles. The maximum Gasteiger partial charge on any atom is 0.0726 e. The summed E-state index contributed by atoms with van der Waals surface area (Å²) < 4.78 is 0. The fraction of sp³-hybridized carbons (Fsp3) is 0.618. The lowest BCUT2D eigenvalue weighted by molar-refractivity contribution is 0.111. The average molecular weight is 515 g/mol. The molecule has 0 spiro atoms. The Balaban J connectivity index is 1.08. The number of anilines is 1. The Kier molecular flexibility index (Phi) is 8.30. The number of benzene rings is 1. The number of rotatable bonds is 10. The molecule has 1 aromatic carbocycles. The van der Waals surface area contributed by atoms with Gasteiger partial charge in [-0.15, -0.1) is 0 Å². The number of para-hydroxylation sites is 1. The molecule has 1 fully saturated rings. The lowest BCUT2D eigenvalue weighted by Crippen LogP contribution is -2.63. The van der Waals surface area contributed by atoms with Gasteiger partial charge in [-0.3, -0.25) is 4.98 Å². The standard InChI is InChI=1S/C34H50N4/c1-5-27-28-21-24(2)22-34(27,23-31(35)33(28,3)4)37-20-14-8-6-7-13-19-36-32-25-15-9-11-17-29(25)38-30-18-12-10-16-26(30)32/h5,9,11,15,17,21,28,31,37H,6-8,10,12-14,16,18-20,22-23,35H2,1-4H3,(H,36,38). The zero-order valence-electron chi connectivity index (χ0n) is 24.3. The Morgan fingerprint density at radius 2 is 1.76 bits per heavy atom. The smallest absolute Gasteiger partial charge is 0.0726 e. The average Bonchev–Trinajstić information content (AvgIpc) is 2.90. The molecule has 4 nitrogen and oxygen atoms in total. The normalized spacial score (nSPS) is 27.3. The van der Waals surface area contributed by atoms with Crippen LogP contribution in [0, 0.1) is 11.3 Å². The van der Waals surface area contributed by atoms with E-state index in [1.807, 2.05) is 0 Å². The van der Waals surface area contributed by atoms with Crippen molar-refractivity contribution in [3.63, 3.8) is 0 Å². The van der Waals surface area contributed by atoms with Crippen LogP contribution >= 0.6 is 0 Å². The van der Waals surface area contributed by atoms with Crippen molar-refractivity contribution in [1.82, 2.24) is 10.3 Å². The van der Waals surface area contributed by atoms with Gasteiger partial charge in [-0.1, -0.05) is 69.0 Å². The number of aryl methyl sites for hydroxylation is 1. The Morgan fingerprint density at radius 3 is 2.58 bits per heavy atom. The summed E-state index contributed by atoms with van der Waals surface area (Å²) in [6.07, 6.45) is 18.2. The van der Waals surface area contributed by atoms with Crippen molar-refractivity contribution in [2.24, 2.45) is 17.1 Å². The van der Waals surface area contributed by atoms with E-state index in [0.717, 1.165) is 44.3 Å². The first-order valence-electron chi connectivity index (χ1n) is 15.3. The molecule has 0 amide bonds. The van der Waals surface area contributed by atoms with Gasteiger partial charge in [0, 0.05) is 40.8 Å². The number of hydrogen-bond acceptors (Lipinski definition) is 4. The van der Waals surface area contributed by atoms with E-state index in [-0.39, 0.29) is 17.0 Å². The predicted octanol–water partition coefficient (Wildman–Crippen LogP) is 7.47. The molecule has 2 aromatic rings. The van der Waals surface area contributed by atoms with Crippen molar-refractivity contribution in [1.29, 1.82) is 0 Å². The van der Waals surface area contributed by atoms with Gasteiger partial charge in [-0.25, -0.2) is 0 Å². The van der Waals surface area contributed by atoms with Gasteiger partial charge >= 0.3 is 0 Å². The maximum absolute atomic E-state index is 6.75. The van der Waals surface area contributed by atoms with Gasteiger partial charge in [0.2, 0.25) is 0 Å². The third-order valence-corrected chi connectivity index (χ3v) is 9.84. The van der Waals surface area contributed by atoms with Crippen LogP contribution in [0.4, 0.5) is 5.69 Å². The van der Waals surface area contributed by atoms with Crippen LogP contribution in [0.3, 0.4) is 0 Å². The first-order valence-corrected chi connectivity index (χ1v) is 15.3. The third-order valence-electron chi connectivity index (χ3n) is 9.84. The number of hydrogen-bond donors (Lipinski definition) is 3. The third kappa shape index (κ3) is 5.31. The van der Waals surface area contributed by atoms with Gasteiger partial charge in [-0.05, 0) is 94.4 Å². The minimum atomic E-state index is 0.0591. The molecule has 3 unspecified atom stereocenters. The van der Waals surface area contributed by atoms with E-state index in [1.165, 1.54) is 72.8 Å². The zero-order chi connectivity index (χ0) is 26.8. The number of allylic oxidation sites excluding steroid dienone is 2. The minimum absolute atomic E-state index is 0.0591. The number of nitrogens with one attached hydrogen (secondary N) is 2. The Morgan fingerprint density at radius 1 is 1.03 bits per heavy atom. The fourth-order valence-electron chi connectivity index (χ4n) is 7.57. The molecule has 1 aromatic heterocycles. The first-order chi connectivity index (χ1) is 18.4. The van der Waals surface area contributed by atoms with Gasteiger partial charge in [-0.2, -0.15) is 0 Å². The van der Waals surface area contributed by atoms with Crippen LogP contribution in [0.5, 0.6) is 0 Å². The molecule has 2 bridgehead atoms. The van der Waals surface area contributed by atoms with Crippen LogP contribution in [0.1, 0.15) is 96.7 Å². The summed E-state index contributed by atoms with van der Waals surface area (Å²) in [7, 11) is 0. The topological polar surface area (TPSA) is 63.0 Å². The van der Waals surface area contributed by atoms with Crippen LogP contribution in [-0.2, 0) is 12.8 Å². The molecule has 0 saturated heterocycles. The number of pyridine rings is 1. The van der Waals surface area contributed by atoms with E-state index in [9.17, 15) is 0 Å². The number of fused-ring (bicyclic) bond motifs is 4. The molecule has 5 rings (SSSR count). The fourth-order valence-corrected chi connectivity index (χ4v) is 7.57. The highest BCUT2D eigenvalue weighted by Gasteiger charge is 2.53. The van der Waals surface area contributed by atoms with E-state index in [4.69, 9.17) is 10.7 Å². The zero-order valence-corrected chi connectivity index (χ0v) is 24.3. The summed E-state index contributed by atoms with van der Waals surface area (Å²) in [6, 6.07) is 8.87. The van der Waals surface area contributed by atoms with Crippen LogP contribution < -0.4 is 16.4 Å². The van der Waals surface area contributed by atoms with Gasteiger partial charge in [0.25, 0.3) is 0 Å². The molecule has 206 valence electrons. The lowest BCUT2D eigenvalue weighted by Gasteiger charge is -2.56. The molecule has 4 heteroatoms. The Bertz CT molecular complexity index is 1190. The molecule has 0 radical (unpaired) electrons. The van der Waals surface area contributed by atoms with E-state index in [1.54, 1.807) is 5.57 Å². The summed E-state index contributed by atoms with van der Waals surface area (Å²) in [4.78, 5) is 4.98. The van der Waals surface area contributed by atoms with Crippen molar-refractivity contribution >= 4 is 16.6 Å². The SMILES string of the molecule is CC=C1C2C=C(C)CC1(NCCCCCCCNc1c3c(nc4ccccc14)CCCC3)CC(N)C2(C)C. The quantitative estimate of drug-likeness (QED) is 0.227. The second kappa shape index (κ2) is 11.5. The number of aromatic nitrogens is 1. The van der Waals surface area contributed by atoms with Crippen molar-refractivity contribution in [2.45, 2.75) is 110 Å². The Labute approximate surface area is 230 Å². The lowest BCUT2D eigenvalue weighted by atomic mass is 9.53. The summed E-state index contributed by atoms with van der Waals surface area (Å²) >= 11 is 0. The molecule has 3 aliphatic carbocycles. The summed E-state index contributed by atoms with van der Waals surface area (Å²) in [5.74, 6) is 0.452. The highest BCUT2D eigenvalue weighted by molar-refractivity contribution is 5.93. The highest BCUT2D eigenvalue weighted by Crippen LogP contribution is 2.53. The van der Waals surface area contributed by atoms with Crippen molar-refractivity contribution < 1.29 is 0 Å². The summed E-state index contributed by atoms with van der Waals surface area (Å²) in [5.41, 5.74) is 15.3. The van der Waals surface area contributed by atoms with E-state index in [2.05, 4.69) is 74.7 Å². The van der Waals surface area contributed by atoms with Crippen molar-refractivity contribution in [2.75, 3.05) is 18.4 Å². The molecular formula is C34H50N4. The van der Waals surface area contributed by atoms with Crippen LogP contribution in [0.25, 0.3) is 10.9 Å². The van der Waals surface area contributed by atoms with Gasteiger partial charge in [0.05, 0.1) is 5.52 Å². The first kappa shape index (κ1) is 27.4. The van der Waals surface area contributed by atoms with Crippen molar-refractivity contribution in [3.05, 3.63) is 58.8 Å². The van der Waals surface area contributed by atoms with E-state index in [0.29, 0.717) is 5.92 Å². The molecular weight excluding hydrogens is 464 g/mol. The molecule has 4 N–H and O–H groups in total. The summed E-state index contributed by atoms with van der Waals surface area (Å²) in [6.45, 7) is 11.4. The van der Waals surface area contributed by atoms with Gasteiger partial charge in [0.1, 0.15) is 0 Å². The second-order valence-corrected chi connectivity index (χ2v) is 12.9. The molecule has 38 heavy (non-hydrogen) atoms. The van der Waals surface area contributed by atoms with Gasteiger partial charge < -0.3 is 16.4 Å². The number of unbranched alkanes of at least 4 members (excludes halogenated alkanes) is 4. The van der Waals surface area contributed by atoms with E-state index >= 15 is 0 Å². The second-order valence-electron chi connectivity index (χ2n) is 12.9. The summed E-state index contributed by atoms with van der Waals surface area (Å²) in [5, 5.41) is 9.15. The molecule has 3 atom stereocenters. The minimum Gasteiger partial charge on any atom is -0.384 e. The Hall–Kier alpha value is -2.17. The predicted molar refractivity (Wildman–Crippen MR) is 163 cm³/mol. The molecule has 1 heterocycles. The highest BCUT2D eigenvalue weighted by atomic mass is 15.0. The van der Waals surface area contributed by atoms with Crippen LogP contribution in [0.2, 0.25) is 0 Å². The number of nitrogens with two attached hydrogens (primary N) is 1. The number of nitrogens with zero attached hydrogens (tertiary/aromatic N) is 1. The maximum atomic E-state index is 6.75. The molecule has 1 saturated carbocycles. The monoisotopic (exact) mass is 514 g/mol. The van der Waals surface area contributed by atoms with Gasteiger partial charge in [0.15, 0.2) is 0 Å². The van der Waals surface area contributed by atoms with Crippen molar-refractivity contribution in [3.8, 4) is 0 Å². The van der Waals surface area contributed by atoms with Crippen LogP contribution in [-0.4, -0.2) is 29.7 Å². The molecule has 3 aliphatic rings.